The average Bonchev–Trinajstić information content (AvgIpc) is 2.43. The maximum absolute atomic E-state index is 12.4. The lowest BCUT2D eigenvalue weighted by molar-refractivity contribution is 0.0784. The van der Waals surface area contributed by atoms with Gasteiger partial charge >= 0.3 is 0 Å². The maximum Gasteiger partial charge on any atom is 0.255 e. The number of amides is 1. The number of rotatable bonds is 3. The van der Waals surface area contributed by atoms with Gasteiger partial charge in [0.05, 0.1) is 5.56 Å². The normalized spacial score (nSPS) is 10.3. The van der Waals surface area contributed by atoms with Gasteiger partial charge in [0.1, 0.15) is 5.75 Å². The van der Waals surface area contributed by atoms with Gasteiger partial charge in [-0.3, -0.25) is 4.79 Å². The van der Waals surface area contributed by atoms with Crippen LogP contribution < -0.4 is 0 Å². The van der Waals surface area contributed by atoms with Crippen LogP contribution in [0.25, 0.3) is 0 Å². The van der Waals surface area contributed by atoms with Crippen LogP contribution in [0, 0.1) is 3.57 Å². The Balaban J connectivity index is 2.16. The van der Waals surface area contributed by atoms with E-state index in [9.17, 15) is 9.90 Å². The van der Waals surface area contributed by atoms with Gasteiger partial charge in [-0.25, -0.2) is 0 Å². The minimum atomic E-state index is -0.0385. The quantitative estimate of drug-likeness (QED) is 0.724. The molecule has 0 atom stereocenters. The monoisotopic (exact) mass is 445 g/mol. The largest absolute Gasteiger partial charge is 0.508 e. The summed E-state index contributed by atoms with van der Waals surface area (Å²) < 4.78 is 1.81. The van der Waals surface area contributed by atoms with E-state index in [0.29, 0.717) is 12.1 Å². The van der Waals surface area contributed by atoms with Crippen LogP contribution in [0.3, 0.4) is 0 Å². The van der Waals surface area contributed by atoms with Crippen molar-refractivity contribution in [3.8, 4) is 5.75 Å². The zero-order chi connectivity index (χ0) is 14.7. The highest BCUT2D eigenvalue weighted by Gasteiger charge is 2.15. The third-order valence-electron chi connectivity index (χ3n) is 2.86. The predicted octanol–water partition coefficient (Wildman–Crippen LogP) is 4.03. The summed E-state index contributed by atoms with van der Waals surface area (Å²) in [5.74, 6) is 0.187. The second kappa shape index (κ2) is 6.58. The molecule has 0 heterocycles. The number of halogens is 2. The Morgan fingerprint density at radius 3 is 2.55 bits per heavy atom. The molecule has 0 radical (unpaired) electrons. The van der Waals surface area contributed by atoms with Crippen molar-refractivity contribution < 1.29 is 9.90 Å². The van der Waals surface area contributed by atoms with Gasteiger partial charge in [-0.2, -0.15) is 0 Å². The van der Waals surface area contributed by atoms with E-state index in [2.05, 4.69) is 38.5 Å². The van der Waals surface area contributed by atoms with Crippen molar-refractivity contribution >= 4 is 44.4 Å². The van der Waals surface area contributed by atoms with Crippen LogP contribution in [0.2, 0.25) is 0 Å². The Kier molecular flexibility index (Phi) is 5.04. The lowest BCUT2D eigenvalue weighted by Gasteiger charge is -2.18. The molecule has 0 aromatic heterocycles. The molecule has 1 N–H and O–H groups in total. The number of benzene rings is 2. The Morgan fingerprint density at radius 1 is 1.25 bits per heavy atom. The molecule has 0 bridgehead atoms. The second-order valence-corrected chi connectivity index (χ2v) is 6.55. The van der Waals surface area contributed by atoms with Crippen LogP contribution in [-0.4, -0.2) is 23.0 Å². The van der Waals surface area contributed by atoms with Crippen molar-refractivity contribution in [2.75, 3.05) is 7.05 Å². The van der Waals surface area contributed by atoms with E-state index in [-0.39, 0.29) is 11.7 Å². The third-order valence-corrected chi connectivity index (χ3v) is 4.22. The number of phenols is 1. The molecule has 1 amide bonds. The van der Waals surface area contributed by atoms with Gasteiger partial charge in [-0.1, -0.05) is 12.1 Å². The van der Waals surface area contributed by atoms with Gasteiger partial charge in [0.2, 0.25) is 0 Å². The summed E-state index contributed by atoms with van der Waals surface area (Å²) in [6, 6.07) is 12.5. The fraction of sp³-hybridized carbons (Fsp3) is 0.133. The zero-order valence-electron chi connectivity index (χ0n) is 10.8. The first-order valence-corrected chi connectivity index (χ1v) is 7.83. The van der Waals surface area contributed by atoms with Crippen molar-refractivity contribution in [2.45, 2.75) is 6.54 Å². The number of phenolic OH excluding ortho intramolecular Hbond substituents is 1. The first kappa shape index (κ1) is 15.3. The standard InChI is InChI=1S/C15H13BrINO2/c1-18(9-10-2-5-12(19)6-3-10)15(20)13-8-11(17)4-7-14(13)16/h2-8,19H,9H2,1H3. The van der Waals surface area contributed by atoms with Crippen molar-refractivity contribution in [3.05, 3.63) is 61.6 Å². The summed E-state index contributed by atoms with van der Waals surface area (Å²) in [6.45, 7) is 0.497. The first-order chi connectivity index (χ1) is 9.47. The Labute approximate surface area is 139 Å². The molecule has 20 heavy (non-hydrogen) atoms. The van der Waals surface area contributed by atoms with E-state index in [4.69, 9.17) is 0 Å². The number of carbonyl (C=O) groups is 1. The molecule has 0 saturated heterocycles. The van der Waals surface area contributed by atoms with Gasteiger partial charge in [0, 0.05) is 21.6 Å². The van der Waals surface area contributed by atoms with Gasteiger partial charge in [-0.05, 0) is 74.4 Å². The Morgan fingerprint density at radius 2 is 1.90 bits per heavy atom. The highest BCUT2D eigenvalue weighted by molar-refractivity contribution is 14.1. The molecule has 0 aliphatic heterocycles. The lowest BCUT2D eigenvalue weighted by Crippen LogP contribution is -2.26. The van der Waals surface area contributed by atoms with Gasteiger partial charge in [0.15, 0.2) is 0 Å². The maximum atomic E-state index is 12.4. The molecule has 2 aromatic rings. The molecular formula is C15H13BrINO2. The van der Waals surface area contributed by atoms with Crippen molar-refractivity contribution in [3.63, 3.8) is 0 Å². The van der Waals surface area contributed by atoms with Crippen LogP contribution in [0.4, 0.5) is 0 Å². The number of hydrogen-bond donors (Lipinski definition) is 1. The van der Waals surface area contributed by atoms with E-state index in [1.165, 1.54) is 0 Å². The van der Waals surface area contributed by atoms with Crippen molar-refractivity contribution in [1.29, 1.82) is 0 Å². The van der Waals surface area contributed by atoms with E-state index >= 15 is 0 Å². The Hall–Kier alpha value is -1.08. The van der Waals surface area contributed by atoms with Gasteiger partial charge < -0.3 is 10.0 Å². The molecule has 104 valence electrons. The van der Waals surface area contributed by atoms with Crippen LogP contribution in [0.5, 0.6) is 5.75 Å². The molecule has 3 nitrogen and oxygen atoms in total. The minimum Gasteiger partial charge on any atom is -0.508 e. The molecular weight excluding hydrogens is 433 g/mol. The zero-order valence-corrected chi connectivity index (χ0v) is 14.6. The molecule has 0 unspecified atom stereocenters. The average molecular weight is 446 g/mol. The molecule has 2 aromatic carbocycles. The molecule has 5 heteroatoms. The van der Waals surface area contributed by atoms with Crippen LogP contribution >= 0.6 is 38.5 Å². The number of hydrogen-bond acceptors (Lipinski definition) is 2. The van der Waals surface area contributed by atoms with E-state index in [1.807, 2.05) is 30.3 Å². The molecule has 0 aliphatic rings. The lowest BCUT2D eigenvalue weighted by atomic mass is 10.1. The van der Waals surface area contributed by atoms with Crippen LogP contribution in [-0.2, 0) is 6.54 Å². The summed E-state index contributed by atoms with van der Waals surface area (Å²) in [5, 5.41) is 9.26. The summed E-state index contributed by atoms with van der Waals surface area (Å²) in [7, 11) is 1.77. The molecule has 0 fully saturated rings. The van der Waals surface area contributed by atoms with E-state index in [0.717, 1.165) is 13.6 Å². The van der Waals surface area contributed by atoms with Crippen molar-refractivity contribution in [1.82, 2.24) is 4.90 Å². The van der Waals surface area contributed by atoms with Crippen LogP contribution in [0.15, 0.2) is 46.9 Å². The minimum absolute atomic E-state index is 0.0385. The highest BCUT2D eigenvalue weighted by Crippen LogP contribution is 2.21. The van der Waals surface area contributed by atoms with Crippen LogP contribution in [0.1, 0.15) is 15.9 Å². The first-order valence-electron chi connectivity index (χ1n) is 5.96. The number of aromatic hydroxyl groups is 1. The SMILES string of the molecule is CN(Cc1ccc(O)cc1)C(=O)c1cc(I)ccc1Br. The second-order valence-electron chi connectivity index (χ2n) is 4.45. The molecule has 0 saturated carbocycles. The van der Waals surface area contributed by atoms with Crippen molar-refractivity contribution in [2.24, 2.45) is 0 Å². The predicted molar refractivity (Wildman–Crippen MR) is 90.8 cm³/mol. The smallest absolute Gasteiger partial charge is 0.255 e. The van der Waals surface area contributed by atoms with Gasteiger partial charge in [-0.15, -0.1) is 0 Å². The summed E-state index contributed by atoms with van der Waals surface area (Å²) in [5.41, 5.74) is 1.62. The third kappa shape index (κ3) is 3.73. The van der Waals surface area contributed by atoms with E-state index in [1.54, 1.807) is 24.1 Å². The summed E-state index contributed by atoms with van der Waals surface area (Å²) in [4.78, 5) is 14.1. The number of carbonyl (C=O) groups excluding carboxylic acids is 1. The topological polar surface area (TPSA) is 40.5 Å². The Bertz CT molecular complexity index is 628. The number of nitrogens with zero attached hydrogens (tertiary/aromatic N) is 1. The molecule has 2 rings (SSSR count). The molecule has 0 spiro atoms. The summed E-state index contributed by atoms with van der Waals surface area (Å²) >= 11 is 5.60. The fourth-order valence-corrected chi connectivity index (χ4v) is 2.72. The van der Waals surface area contributed by atoms with E-state index < -0.39 is 0 Å². The highest BCUT2D eigenvalue weighted by atomic mass is 127. The summed E-state index contributed by atoms with van der Waals surface area (Å²) in [6.07, 6.45) is 0. The van der Waals surface area contributed by atoms with Gasteiger partial charge in [0.25, 0.3) is 5.91 Å². The fourth-order valence-electron chi connectivity index (χ4n) is 1.81. The molecule has 0 aliphatic carbocycles.